The Morgan fingerprint density at radius 2 is 2.00 bits per heavy atom. The lowest BCUT2D eigenvalue weighted by Crippen LogP contribution is -2.20. The normalized spacial score (nSPS) is 13.8. The van der Waals surface area contributed by atoms with Gasteiger partial charge in [0.05, 0.1) is 11.1 Å². The fourth-order valence-electron chi connectivity index (χ4n) is 2.84. The summed E-state index contributed by atoms with van der Waals surface area (Å²) in [4.78, 5) is 15.4. The molecular weight excluding hydrogens is 354 g/mol. The van der Waals surface area contributed by atoms with E-state index in [1.165, 1.54) is 12.5 Å². The largest absolute Gasteiger partial charge is 0.444 e. The van der Waals surface area contributed by atoms with Crippen molar-refractivity contribution in [2.75, 3.05) is 10.0 Å². The Morgan fingerprint density at radius 3 is 2.81 bits per heavy atom. The molecular formula is C18H15N3O4S. The van der Waals surface area contributed by atoms with Crippen LogP contribution in [0.5, 0.6) is 0 Å². The second-order valence-corrected chi connectivity index (χ2v) is 7.60. The number of anilines is 2. The van der Waals surface area contributed by atoms with Gasteiger partial charge in [-0.15, -0.1) is 0 Å². The van der Waals surface area contributed by atoms with E-state index in [9.17, 15) is 13.2 Å². The summed E-state index contributed by atoms with van der Waals surface area (Å²) in [6.07, 6.45) is 3.75. The van der Waals surface area contributed by atoms with Gasteiger partial charge in [0.25, 0.3) is 10.0 Å². The van der Waals surface area contributed by atoms with Crippen molar-refractivity contribution >= 4 is 27.3 Å². The van der Waals surface area contributed by atoms with E-state index in [4.69, 9.17) is 4.42 Å². The zero-order valence-corrected chi connectivity index (χ0v) is 14.4. The van der Waals surface area contributed by atoms with E-state index in [0.717, 1.165) is 11.1 Å². The predicted octanol–water partition coefficient (Wildman–Crippen LogP) is 3.03. The van der Waals surface area contributed by atoms with Gasteiger partial charge in [0, 0.05) is 23.4 Å². The quantitative estimate of drug-likeness (QED) is 0.736. The lowest BCUT2D eigenvalue weighted by Gasteiger charge is -2.18. The highest BCUT2D eigenvalue weighted by Gasteiger charge is 2.20. The maximum absolute atomic E-state index is 12.7. The number of amides is 1. The lowest BCUT2D eigenvalue weighted by molar-refractivity contribution is -0.116. The summed E-state index contributed by atoms with van der Waals surface area (Å²) in [5, 5.41) is 2.74. The molecule has 3 aromatic rings. The highest BCUT2D eigenvalue weighted by atomic mass is 32.2. The van der Waals surface area contributed by atoms with Crippen molar-refractivity contribution in [2.45, 2.75) is 17.7 Å². The number of hydrogen-bond acceptors (Lipinski definition) is 5. The number of nitrogens with zero attached hydrogens (tertiary/aromatic N) is 1. The number of hydrogen-bond donors (Lipinski definition) is 2. The first-order valence-corrected chi connectivity index (χ1v) is 9.44. The van der Waals surface area contributed by atoms with E-state index in [1.807, 2.05) is 0 Å². The van der Waals surface area contributed by atoms with Crippen molar-refractivity contribution in [3.63, 3.8) is 0 Å². The topological polar surface area (TPSA) is 101 Å². The monoisotopic (exact) mass is 369 g/mol. The molecule has 0 unspecified atom stereocenters. The van der Waals surface area contributed by atoms with Crippen LogP contribution in [0.3, 0.4) is 0 Å². The zero-order valence-electron chi connectivity index (χ0n) is 13.6. The van der Waals surface area contributed by atoms with E-state index in [-0.39, 0.29) is 10.8 Å². The van der Waals surface area contributed by atoms with E-state index < -0.39 is 10.0 Å². The molecule has 7 nitrogen and oxygen atoms in total. The number of benzene rings is 2. The van der Waals surface area contributed by atoms with Gasteiger partial charge in [0.2, 0.25) is 5.91 Å². The van der Waals surface area contributed by atoms with Gasteiger partial charge in [0.1, 0.15) is 0 Å². The summed E-state index contributed by atoms with van der Waals surface area (Å²) in [6.45, 7) is 0. The number of fused-ring (bicyclic) bond motifs is 1. The van der Waals surface area contributed by atoms with Crippen molar-refractivity contribution in [3.05, 3.63) is 60.6 Å². The average Bonchev–Trinajstić information content (AvgIpc) is 3.16. The first-order chi connectivity index (χ1) is 12.5. The molecule has 8 heteroatoms. The van der Waals surface area contributed by atoms with Gasteiger partial charge in [-0.25, -0.2) is 13.4 Å². The van der Waals surface area contributed by atoms with Crippen molar-refractivity contribution in [1.82, 2.24) is 4.98 Å². The third kappa shape index (κ3) is 3.18. The molecule has 2 heterocycles. The third-order valence-corrected chi connectivity index (χ3v) is 5.49. The summed E-state index contributed by atoms with van der Waals surface area (Å²) in [5.41, 5.74) is 2.61. The van der Waals surface area contributed by atoms with Crippen LogP contribution in [-0.4, -0.2) is 19.3 Å². The van der Waals surface area contributed by atoms with Crippen LogP contribution in [0.15, 0.2) is 64.4 Å². The number of oxazole rings is 1. The maximum atomic E-state index is 12.7. The first kappa shape index (κ1) is 16.3. The number of aromatic nitrogens is 1. The Balaban J connectivity index is 1.62. The molecule has 0 radical (unpaired) electrons. The standard InChI is InChI=1S/C18H15N3O4S/c22-18-7-4-12-9-15(5-6-16(12)20-18)26(23,24)21-14-3-1-2-13(8-14)17-10-19-11-25-17/h1-3,5-6,8-11,21H,4,7H2,(H,20,22). The van der Waals surface area contributed by atoms with Crippen molar-refractivity contribution in [1.29, 1.82) is 0 Å². The molecule has 2 N–H and O–H groups in total. The summed E-state index contributed by atoms with van der Waals surface area (Å²) in [7, 11) is -3.75. The average molecular weight is 369 g/mol. The van der Waals surface area contributed by atoms with Crippen LogP contribution in [-0.2, 0) is 21.2 Å². The van der Waals surface area contributed by atoms with Crippen molar-refractivity contribution < 1.29 is 17.6 Å². The van der Waals surface area contributed by atoms with Gasteiger partial charge in [-0.05, 0) is 42.3 Å². The number of carbonyl (C=O) groups excluding carboxylic acids is 1. The van der Waals surface area contributed by atoms with Gasteiger partial charge in [-0.1, -0.05) is 12.1 Å². The summed E-state index contributed by atoms with van der Waals surface area (Å²) < 4.78 is 33.2. The van der Waals surface area contributed by atoms with Crippen LogP contribution in [0.25, 0.3) is 11.3 Å². The lowest BCUT2D eigenvalue weighted by atomic mass is 10.0. The number of sulfonamides is 1. The van der Waals surface area contributed by atoms with Crippen LogP contribution in [0.2, 0.25) is 0 Å². The second-order valence-electron chi connectivity index (χ2n) is 5.92. The van der Waals surface area contributed by atoms with Gasteiger partial charge < -0.3 is 9.73 Å². The summed E-state index contributed by atoms with van der Waals surface area (Å²) in [6, 6.07) is 11.6. The molecule has 0 fully saturated rings. The fraction of sp³-hybridized carbons (Fsp3) is 0.111. The van der Waals surface area contributed by atoms with Gasteiger partial charge in [-0.2, -0.15) is 0 Å². The molecule has 0 aliphatic carbocycles. The van der Waals surface area contributed by atoms with Crippen LogP contribution in [0.4, 0.5) is 11.4 Å². The molecule has 1 aliphatic heterocycles. The van der Waals surface area contributed by atoms with E-state index in [1.54, 1.807) is 42.6 Å². The van der Waals surface area contributed by atoms with Crippen LogP contribution < -0.4 is 10.0 Å². The Labute approximate surface area is 150 Å². The van der Waals surface area contributed by atoms with Crippen LogP contribution >= 0.6 is 0 Å². The van der Waals surface area contributed by atoms with E-state index in [2.05, 4.69) is 15.0 Å². The third-order valence-electron chi connectivity index (χ3n) is 4.11. The van der Waals surface area contributed by atoms with Gasteiger partial charge in [0.15, 0.2) is 12.2 Å². The molecule has 1 aromatic heterocycles. The molecule has 1 amide bonds. The minimum atomic E-state index is -3.75. The molecule has 0 spiro atoms. The fourth-order valence-corrected chi connectivity index (χ4v) is 3.94. The van der Waals surface area contributed by atoms with Crippen molar-refractivity contribution in [3.8, 4) is 11.3 Å². The number of aryl methyl sites for hydroxylation is 1. The zero-order chi connectivity index (χ0) is 18.1. The van der Waals surface area contributed by atoms with Gasteiger partial charge in [-0.3, -0.25) is 9.52 Å². The molecule has 0 atom stereocenters. The minimum Gasteiger partial charge on any atom is -0.444 e. The predicted molar refractivity (Wildman–Crippen MR) is 96.1 cm³/mol. The molecule has 2 aromatic carbocycles. The van der Waals surface area contributed by atoms with E-state index >= 15 is 0 Å². The maximum Gasteiger partial charge on any atom is 0.261 e. The summed E-state index contributed by atoms with van der Waals surface area (Å²) in [5.74, 6) is 0.492. The number of rotatable bonds is 4. The summed E-state index contributed by atoms with van der Waals surface area (Å²) >= 11 is 0. The molecule has 4 rings (SSSR count). The molecule has 1 aliphatic rings. The smallest absolute Gasteiger partial charge is 0.261 e. The van der Waals surface area contributed by atoms with Crippen LogP contribution in [0.1, 0.15) is 12.0 Å². The Kier molecular flexibility index (Phi) is 3.96. The molecule has 26 heavy (non-hydrogen) atoms. The highest BCUT2D eigenvalue weighted by Crippen LogP contribution is 2.27. The Hall–Kier alpha value is -3.13. The SMILES string of the molecule is O=C1CCc2cc(S(=O)(=O)Nc3cccc(-c4cnco4)c3)ccc2N1. The molecule has 0 saturated heterocycles. The second kappa shape index (κ2) is 6.30. The molecule has 132 valence electrons. The Morgan fingerprint density at radius 1 is 1.12 bits per heavy atom. The first-order valence-electron chi connectivity index (χ1n) is 7.96. The highest BCUT2D eigenvalue weighted by molar-refractivity contribution is 7.92. The number of carbonyl (C=O) groups is 1. The molecule has 0 saturated carbocycles. The van der Waals surface area contributed by atoms with Crippen molar-refractivity contribution in [2.24, 2.45) is 0 Å². The minimum absolute atomic E-state index is 0.0598. The van der Waals surface area contributed by atoms with E-state index in [0.29, 0.717) is 30.0 Å². The van der Waals surface area contributed by atoms with Crippen LogP contribution in [0, 0.1) is 0 Å². The molecule has 0 bridgehead atoms. The number of nitrogens with one attached hydrogen (secondary N) is 2. The van der Waals surface area contributed by atoms with Gasteiger partial charge >= 0.3 is 0 Å². The Bertz CT molecular complexity index is 1080.